The molecule has 0 aliphatic carbocycles. The number of amides is 1. The Hall–Kier alpha value is -1.17. The van der Waals surface area contributed by atoms with Crippen LogP contribution in [0.15, 0.2) is 35.0 Å². The normalized spacial score (nSPS) is 19.6. The third-order valence-corrected chi connectivity index (χ3v) is 5.18. The molecular formula is C14H16N2OS2. The van der Waals surface area contributed by atoms with Crippen molar-refractivity contribution in [3.63, 3.8) is 0 Å². The Morgan fingerprint density at radius 1 is 1.21 bits per heavy atom. The quantitative estimate of drug-likeness (QED) is 0.910. The summed E-state index contributed by atoms with van der Waals surface area (Å²) >= 11 is 3.46. The summed E-state index contributed by atoms with van der Waals surface area (Å²) in [5, 5.41) is 10.6. The molecule has 5 heteroatoms. The van der Waals surface area contributed by atoms with Crippen molar-refractivity contribution in [3.05, 3.63) is 44.8 Å². The van der Waals surface area contributed by atoms with E-state index in [1.807, 2.05) is 0 Å². The van der Waals surface area contributed by atoms with E-state index in [1.54, 1.807) is 22.7 Å². The first kappa shape index (κ1) is 12.8. The average molecular weight is 292 g/mol. The molecule has 2 aromatic rings. The first-order valence-electron chi connectivity index (χ1n) is 6.45. The van der Waals surface area contributed by atoms with Crippen molar-refractivity contribution in [2.24, 2.45) is 0 Å². The lowest BCUT2D eigenvalue weighted by atomic mass is 10.0. The van der Waals surface area contributed by atoms with Crippen LogP contribution >= 0.6 is 22.7 Å². The van der Waals surface area contributed by atoms with E-state index < -0.39 is 0 Å². The summed E-state index contributed by atoms with van der Waals surface area (Å²) in [5.74, 6) is 0.129. The van der Waals surface area contributed by atoms with E-state index in [9.17, 15) is 4.79 Å². The smallest absolute Gasteiger partial charge is 0.237 e. The van der Waals surface area contributed by atoms with Crippen LogP contribution in [0.25, 0.3) is 0 Å². The van der Waals surface area contributed by atoms with Gasteiger partial charge in [-0.2, -0.15) is 0 Å². The van der Waals surface area contributed by atoms with Gasteiger partial charge in [-0.3, -0.25) is 10.1 Å². The van der Waals surface area contributed by atoms with E-state index in [2.05, 4.69) is 45.7 Å². The summed E-state index contributed by atoms with van der Waals surface area (Å²) in [4.78, 5) is 14.4. The molecule has 100 valence electrons. The van der Waals surface area contributed by atoms with Gasteiger partial charge in [0.25, 0.3) is 0 Å². The first-order valence-corrected chi connectivity index (χ1v) is 8.21. The Morgan fingerprint density at radius 3 is 2.42 bits per heavy atom. The van der Waals surface area contributed by atoms with Gasteiger partial charge in [0.2, 0.25) is 5.91 Å². The monoisotopic (exact) mass is 292 g/mol. The van der Waals surface area contributed by atoms with Crippen LogP contribution < -0.4 is 10.6 Å². The van der Waals surface area contributed by atoms with E-state index in [4.69, 9.17) is 0 Å². The Bertz CT molecular complexity index is 487. The number of hydrogen-bond donors (Lipinski definition) is 2. The molecular weight excluding hydrogens is 276 g/mol. The highest BCUT2D eigenvalue weighted by Gasteiger charge is 2.26. The predicted molar refractivity (Wildman–Crippen MR) is 79.6 cm³/mol. The highest BCUT2D eigenvalue weighted by molar-refractivity contribution is 7.11. The molecule has 0 saturated carbocycles. The Kier molecular flexibility index (Phi) is 3.96. The maximum absolute atomic E-state index is 11.9. The van der Waals surface area contributed by atoms with Gasteiger partial charge in [-0.05, 0) is 35.7 Å². The molecule has 1 aliphatic heterocycles. The maximum atomic E-state index is 11.9. The van der Waals surface area contributed by atoms with Crippen molar-refractivity contribution in [1.82, 2.24) is 10.6 Å². The lowest BCUT2D eigenvalue weighted by molar-refractivity contribution is -0.124. The van der Waals surface area contributed by atoms with Crippen molar-refractivity contribution >= 4 is 28.6 Å². The second kappa shape index (κ2) is 5.86. The second-order valence-electron chi connectivity index (χ2n) is 4.62. The van der Waals surface area contributed by atoms with Gasteiger partial charge in [0.05, 0.1) is 12.1 Å². The van der Waals surface area contributed by atoms with Gasteiger partial charge in [-0.1, -0.05) is 12.1 Å². The fraction of sp³-hybridized carbons (Fsp3) is 0.357. The van der Waals surface area contributed by atoms with Crippen LogP contribution in [-0.4, -0.2) is 18.5 Å². The van der Waals surface area contributed by atoms with E-state index in [1.165, 1.54) is 9.75 Å². The topological polar surface area (TPSA) is 41.1 Å². The molecule has 1 atom stereocenters. The van der Waals surface area contributed by atoms with E-state index >= 15 is 0 Å². The van der Waals surface area contributed by atoms with Gasteiger partial charge in [0.1, 0.15) is 0 Å². The summed E-state index contributed by atoms with van der Waals surface area (Å²) in [6, 6.07) is 8.43. The minimum Gasteiger partial charge on any atom is -0.355 e. The lowest BCUT2D eigenvalue weighted by Crippen LogP contribution is -2.49. The molecule has 2 aromatic heterocycles. The molecule has 1 amide bonds. The van der Waals surface area contributed by atoms with Gasteiger partial charge >= 0.3 is 0 Å². The van der Waals surface area contributed by atoms with Gasteiger partial charge < -0.3 is 5.32 Å². The highest BCUT2D eigenvalue weighted by Crippen LogP contribution is 2.30. The zero-order valence-corrected chi connectivity index (χ0v) is 12.1. The molecule has 0 spiro atoms. The molecule has 0 aromatic carbocycles. The predicted octanol–water partition coefficient (Wildman–Crippen LogP) is 2.77. The van der Waals surface area contributed by atoms with Gasteiger partial charge in [0, 0.05) is 16.3 Å². The number of rotatable bonds is 4. The van der Waals surface area contributed by atoms with Gasteiger partial charge in [-0.15, -0.1) is 22.7 Å². The number of carbonyl (C=O) groups is 1. The van der Waals surface area contributed by atoms with Crippen molar-refractivity contribution in [3.8, 4) is 0 Å². The van der Waals surface area contributed by atoms with Gasteiger partial charge in [-0.25, -0.2) is 0 Å². The number of hydrogen-bond acceptors (Lipinski definition) is 4. The molecule has 1 fully saturated rings. The Labute approximate surface area is 120 Å². The van der Waals surface area contributed by atoms with Crippen molar-refractivity contribution in [2.75, 3.05) is 6.54 Å². The Balaban J connectivity index is 1.82. The SMILES string of the molecule is O=C1NCCCC1NC(c1cccs1)c1cccs1. The molecule has 3 heterocycles. The van der Waals surface area contributed by atoms with Crippen LogP contribution in [0, 0.1) is 0 Å². The van der Waals surface area contributed by atoms with Crippen LogP contribution in [0.2, 0.25) is 0 Å². The largest absolute Gasteiger partial charge is 0.355 e. The summed E-state index contributed by atoms with van der Waals surface area (Å²) in [6.45, 7) is 0.805. The zero-order chi connectivity index (χ0) is 13.1. The molecule has 19 heavy (non-hydrogen) atoms. The summed E-state index contributed by atoms with van der Waals surface area (Å²) in [7, 11) is 0. The lowest BCUT2D eigenvalue weighted by Gasteiger charge is -2.27. The number of thiophene rings is 2. The van der Waals surface area contributed by atoms with Crippen molar-refractivity contribution in [2.45, 2.75) is 24.9 Å². The average Bonchev–Trinajstić information content (AvgIpc) is 3.11. The van der Waals surface area contributed by atoms with E-state index in [0.29, 0.717) is 0 Å². The number of nitrogens with one attached hydrogen (secondary N) is 2. The van der Waals surface area contributed by atoms with Crippen LogP contribution in [0.4, 0.5) is 0 Å². The second-order valence-corrected chi connectivity index (χ2v) is 6.57. The molecule has 1 saturated heterocycles. The zero-order valence-electron chi connectivity index (χ0n) is 10.5. The van der Waals surface area contributed by atoms with Crippen LogP contribution in [0.1, 0.15) is 28.6 Å². The molecule has 1 aliphatic rings. The highest BCUT2D eigenvalue weighted by atomic mass is 32.1. The summed E-state index contributed by atoms with van der Waals surface area (Å²) < 4.78 is 0. The van der Waals surface area contributed by atoms with Crippen LogP contribution in [0.5, 0.6) is 0 Å². The molecule has 0 radical (unpaired) electrons. The maximum Gasteiger partial charge on any atom is 0.237 e. The van der Waals surface area contributed by atoms with Gasteiger partial charge in [0.15, 0.2) is 0 Å². The van der Waals surface area contributed by atoms with Crippen LogP contribution in [-0.2, 0) is 4.79 Å². The fourth-order valence-electron chi connectivity index (χ4n) is 2.35. The minimum atomic E-state index is -0.0806. The summed E-state index contributed by atoms with van der Waals surface area (Å²) in [6.07, 6.45) is 1.96. The Morgan fingerprint density at radius 2 is 1.89 bits per heavy atom. The van der Waals surface area contributed by atoms with Crippen LogP contribution in [0.3, 0.4) is 0 Å². The molecule has 0 bridgehead atoms. The third-order valence-electron chi connectivity index (χ3n) is 3.31. The minimum absolute atomic E-state index is 0.0806. The molecule has 1 unspecified atom stereocenters. The third kappa shape index (κ3) is 2.88. The molecule has 3 rings (SSSR count). The first-order chi connectivity index (χ1) is 9.34. The number of carbonyl (C=O) groups excluding carboxylic acids is 1. The fourth-order valence-corrected chi connectivity index (χ4v) is 4.03. The number of piperidine rings is 1. The van der Waals surface area contributed by atoms with Crippen molar-refractivity contribution < 1.29 is 4.79 Å². The summed E-state index contributed by atoms with van der Waals surface area (Å²) in [5.41, 5.74) is 0. The molecule has 2 N–H and O–H groups in total. The standard InChI is InChI=1S/C14H16N2OS2/c17-14-10(4-1-7-15-14)16-13(11-5-2-8-18-11)12-6-3-9-19-12/h2-3,5-6,8-10,13,16H,1,4,7H2,(H,15,17). The molecule has 3 nitrogen and oxygen atoms in total. The van der Waals surface area contributed by atoms with E-state index in [0.717, 1.165) is 19.4 Å². The van der Waals surface area contributed by atoms with E-state index in [-0.39, 0.29) is 18.0 Å². The van der Waals surface area contributed by atoms with Crippen molar-refractivity contribution in [1.29, 1.82) is 0 Å².